The summed E-state index contributed by atoms with van der Waals surface area (Å²) in [6, 6.07) is 0. The maximum absolute atomic E-state index is 11.3. The SMILES string of the molecule is C[C@]12CC[C@@H](O)CC1CC[C@@H]1[C@@H]2[C@@H](O)C[C@@]2(C)[C@H]1CC[C@]2(O)[C@H](O)CO. The summed E-state index contributed by atoms with van der Waals surface area (Å²) in [4.78, 5) is 0. The van der Waals surface area contributed by atoms with Gasteiger partial charge in [0.15, 0.2) is 0 Å². The van der Waals surface area contributed by atoms with Crippen molar-refractivity contribution in [2.24, 2.45) is 34.5 Å². The molecule has 0 aromatic carbocycles. The van der Waals surface area contributed by atoms with Crippen LogP contribution in [0.2, 0.25) is 0 Å². The summed E-state index contributed by atoms with van der Waals surface area (Å²) in [6.45, 7) is 3.89. The van der Waals surface area contributed by atoms with Gasteiger partial charge in [0.2, 0.25) is 0 Å². The Morgan fingerprint density at radius 1 is 1.04 bits per heavy atom. The van der Waals surface area contributed by atoms with Gasteiger partial charge < -0.3 is 25.5 Å². The van der Waals surface area contributed by atoms with Gasteiger partial charge in [-0.15, -0.1) is 0 Å². The van der Waals surface area contributed by atoms with E-state index < -0.39 is 29.8 Å². The van der Waals surface area contributed by atoms with E-state index in [-0.39, 0.29) is 23.4 Å². The van der Waals surface area contributed by atoms with Crippen LogP contribution in [-0.4, -0.2) is 56.1 Å². The molecule has 5 heteroatoms. The maximum atomic E-state index is 11.3. The van der Waals surface area contributed by atoms with Crippen LogP contribution in [-0.2, 0) is 0 Å². The number of aliphatic hydroxyl groups is 5. The summed E-state index contributed by atoms with van der Waals surface area (Å²) in [5.74, 6) is 1.29. The summed E-state index contributed by atoms with van der Waals surface area (Å²) in [6.07, 6.45) is 4.70. The smallest absolute Gasteiger partial charge is 0.106 e. The van der Waals surface area contributed by atoms with E-state index in [9.17, 15) is 25.5 Å². The van der Waals surface area contributed by atoms with E-state index in [1.165, 1.54) is 0 Å². The third-order valence-electron chi connectivity index (χ3n) is 9.51. The Morgan fingerprint density at radius 2 is 1.77 bits per heavy atom. The number of aliphatic hydroxyl groups excluding tert-OH is 4. The van der Waals surface area contributed by atoms with Crippen LogP contribution in [0.3, 0.4) is 0 Å². The molecule has 4 fully saturated rings. The molecule has 0 aromatic heterocycles. The van der Waals surface area contributed by atoms with Gasteiger partial charge in [0, 0.05) is 5.41 Å². The van der Waals surface area contributed by atoms with E-state index >= 15 is 0 Å². The molecule has 0 heterocycles. The Balaban J connectivity index is 1.68. The standard InChI is InChI=1S/C21H36O5/c1-19-7-5-13(23)9-12(19)3-4-14-15-6-8-21(26,17(25)11-22)20(15,2)10-16(24)18(14)19/h12-18,22-26H,3-11H2,1-2H3/t12?,13-,14+,15+,16+,17-,18-,19+,20+,21+/m1/s1. The van der Waals surface area contributed by atoms with E-state index in [4.69, 9.17) is 0 Å². The van der Waals surface area contributed by atoms with Crippen LogP contribution in [0.25, 0.3) is 0 Å². The Labute approximate surface area is 156 Å². The number of hydrogen-bond acceptors (Lipinski definition) is 5. The van der Waals surface area contributed by atoms with Gasteiger partial charge in [-0.25, -0.2) is 0 Å². The molecular weight excluding hydrogens is 332 g/mol. The summed E-state index contributed by atoms with van der Waals surface area (Å²) in [5, 5.41) is 52.5. The maximum Gasteiger partial charge on any atom is 0.106 e. The molecular formula is C21H36O5. The first kappa shape index (κ1) is 19.1. The fourth-order valence-electron chi connectivity index (χ4n) is 8.10. The van der Waals surface area contributed by atoms with Crippen molar-refractivity contribution in [3.8, 4) is 0 Å². The van der Waals surface area contributed by atoms with Crippen LogP contribution in [0.1, 0.15) is 65.2 Å². The van der Waals surface area contributed by atoms with Gasteiger partial charge in [-0.3, -0.25) is 0 Å². The highest BCUT2D eigenvalue weighted by molar-refractivity contribution is 5.17. The van der Waals surface area contributed by atoms with E-state index in [0.29, 0.717) is 24.7 Å². The number of rotatable bonds is 2. The Hall–Kier alpha value is -0.200. The molecule has 0 bridgehead atoms. The quantitative estimate of drug-likeness (QED) is 0.508. The van der Waals surface area contributed by atoms with Gasteiger partial charge in [0.1, 0.15) is 6.10 Å². The lowest BCUT2D eigenvalue weighted by atomic mass is 9.43. The van der Waals surface area contributed by atoms with Crippen molar-refractivity contribution < 1.29 is 25.5 Å². The van der Waals surface area contributed by atoms with Crippen LogP contribution in [0, 0.1) is 34.5 Å². The lowest BCUT2D eigenvalue weighted by molar-refractivity contribution is -0.224. The molecule has 0 saturated heterocycles. The average Bonchev–Trinajstić information content (AvgIpc) is 2.86. The molecule has 4 aliphatic carbocycles. The zero-order chi connectivity index (χ0) is 18.9. The summed E-state index contributed by atoms with van der Waals surface area (Å²) in [7, 11) is 0. The molecule has 0 radical (unpaired) electrons. The van der Waals surface area contributed by atoms with Gasteiger partial charge in [-0.05, 0) is 80.5 Å². The molecule has 5 nitrogen and oxygen atoms in total. The highest BCUT2D eigenvalue weighted by atomic mass is 16.4. The van der Waals surface area contributed by atoms with Gasteiger partial charge >= 0.3 is 0 Å². The highest BCUT2D eigenvalue weighted by Crippen LogP contribution is 2.68. The molecule has 1 unspecified atom stereocenters. The Bertz CT molecular complexity index is 555. The third kappa shape index (κ3) is 2.33. The molecule has 150 valence electrons. The average molecular weight is 369 g/mol. The summed E-state index contributed by atoms with van der Waals surface area (Å²) in [5.41, 5.74) is -1.83. The van der Waals surface area contributed by atoms with Crippen LogP contribution >= 0.6 is 0 Å². The van der Waals surface area contributed by atoms with Gasteiger partial charge in [0.25, 0.3) is 0 Å². The number of fused-ring (bicyclic) bond motifs is 5. The van der Waals surface area contributed by atoms with Crippen molar-refractivity contribution in [1.82, 2.24) is 0 Å². The van der Waals surface area contributed by atoms with Crippen molar-refractivity contribution in [3.05, 3.63) is 0 Å². The van der Waals surface area contributed by atoms with E-state index in [2.05, 4.69) is 6.92 Å². The molecule has 26 heavy (non-hydrogen) atoms. The minimum absolute atomic E-state index is 0.0548. The van der Waals surface area contributed by atoms with Crippen molar-refractivity contribution in [2.75, 3.05) is 6.61 Å². The Morgan fingerprint density at radius 3 is 2.46 bits per heavy atom. The van der Waals surface area contributed by atoms with E-state index in [1.54, 1.807) is 0 Å². The molecule has 0 spiro atoms. The Kier molecular flexibility index (Phi) is 4.52. The molecule has 0 aromatic rings. The topological polar surface area (TPSA) is 101 Å². The third-order valence-corrected chi connectivity index (χ3v) is 9.51. The van der Waals surface area contributed by atoms with E-state index in [0.717, 1.165) is 38.5 Å². The van der Waals surface area contributed by atoms with Gasteiger partial charge in [-0.1, -0.05) is 13.8 Å². The second-order valence-corrected chi connectivity index (χ2v) is 10.4. The number of hydrogen-bond donors (Lipinski definition) is 5. The summed E-state index contributed by atoms with van der Waals surface area (Å²) >= 11 is 0. The largest absolute Gasteiger partial charge is 0.394 e. The van der Waals surface area contributed by atoms with Crippen molar-refractivity contribution in [2.45, 2.75) is 89.1 Å². The minimum Gasteiger partial charge on any atom is -0.394 e. The van der Waals surface area contributed by atoms with Gasteiger partial charge in [-0.2, -0.15) is 0 Å². The fraction of sp³-hybridized carbons (Fsp3) is 1.00. The molecule has 4 rings (SSSR count). The van der Waals surface area contributed by atoms with Crippen LogP contribution < -0.4 is 0 Å². The second kappa shape index (κ2) is 6.15. The zero-order valence-electron chi connectivity index (χ0n) is 16.1. The zero-order valence-corrected chi connectivity index (χ0v) is 16.1. The lowest BCUT2D eigenvalue weighted by Gasteiger charge is -2.63. The predicted molar refractivity (Wildman–Crippen MR) is 97.2 cm³/mol. The highest BCUT2D eigenvalue weighted by Gasteiger charge is 2.68. The van der Waals surface area contributed by atoms with Crippen molar-refractivity contribution >= 4 is 0 Å². The lowest BCUT2D eigenvalue weighted by Crippen LogP contribution is -2.64. The molecule has 4 saturated carbocycles. The normalized spacial score (nSPS) is 57.8. The van der Waals surface area contributed by atoms with Crippen LogP contribution in [0.4, 0.5) is 0 Å². The minimum atomic E-state index is -1.32. The fourth-order valence-corrected chi connectivity index (χ4v) is 8.10. The van der Waals surface area contributed by atoms with Crippen LogP contribution in [0.15, 0.2) is 0 Å². The van der Waals surface area contributed by atoms with E-state index in [1.807, 2.05) is 6.92 Å². The van der Waals surface area contributed by atoms with Crippen molar-refractivity contribution in [1.29, 1.82) is 0 Å². The first-order valence-corrected chi connectivity index (χ1v) is 10.5. The van der Waals surface area contributed by atoms with Crippen molar-refractivity contribution in [3.63, 3.8) is 0 Å². The summed E-state index contributed by atoms with van der Waals surface area (Å²) < 4.78 is 0. The molecule has 5 N–H and O–H groups in total. The predicted octanol–water partition coefficient (Wildman–Crippen LogP) is 1.45. The molecule has 4 aliphatic rings. The first-order valence-electron chi connectivity index (χ1n) is 10.5. The second-order valence-electron chi connectivity index (χ2n) is 10.4. The monoisotopic (exact) mass is 368 g/mol. The van der Waals surface area contributed by atoms with Gasteiger partial charge in [0.05, 0.1) is 24.4 Å². The molecule has 10 atom stereocenters. The first-order chi connectivity index (χ1) is 12.2. The molecule has 0 amide bonds. The molecule has 0 aliphatic heterocycles. The van der Waals surface area contributed by atoms with Crippen LogP contribution in [0.5, 0.6) is 0 Å².